The summed E-state index contributed by atoms with van der Waals surface area (Å²) in [6, 6.07) is 13.1. The fraction of sp³-hybridized carbons (Fsp3) is 0.433. The minimum Gasteiger partial charge on any atom is -0.493 e. The largest absolute Gasteiger partial charge is 0.493 e. The van der Waals surface area contributed by atoms with E-state index in [1.807, 2.05) is 41.3 Å². The van der Waals surface area contributed by atoms with Gasteiger partial charge in [-0.3, -0.25) is 14.6 Å². The normalized spacial score (nSPS) is 23.1. The Balaban J connectivity index is 1.33. The first kappa shape index (κ1) is 24.5. The molecule has 38 heavy (non-hydrogen) atoms. The molecule has 8 nitrogen and oxygen atoms in total. The summed E-state index contributed by atoms with van der Waals surface area (Å²) in [7, 11) is 3.18. The number of hydrogen-bond acceptors (Lipinski definition) is 6. The molecule has 198 valence electrons. The number of carbonyl (C=O) groups is 2. The number of methoxy groups -OCH3 is 2. The molecule has 7 rings (SSSR count). The maximum absolute atomic E-state index is 13.9. The lowest BCUT2D eigenvalue weighted by atomic mass is 9.64. The maximum atomic E-state index is 13.9. The highest BCUT2D eigenvalue weighted by Gasteiger charge is 2.60. The van der Waals surface area contributed by atoms with E-state index < -0.39 is 11.3 Å². The van der Waals surface area contributed by atoms with Crippen LogP contribution >= 0.6 is 0 Å². The van der Waals surface area contributed by atoms with Crippen LogP contribution in [-0.4, -0.2) is 36.6 Å². The highest BCUT2D eigenvalue weighted by Crippen LogP contribution is 2.54. The minimum atomic E-state index is -1.06. The Morgan fingerprint density at radius 2 is 1.53 bits per heavy atom. The third-order valence-electron chi connectivity index (χ3n) is 8.89. The van der Waals surface area contributed by atoms with Crippen molar-refractivity contribution in [2.24, 2.45) is 17.1 Å². The standard InChI is InChI=1S/C30H33N3O5/c1-36-25-17-22-23(18-26(25)37-2)32-16-10-24(22)38-21-5-3-20(4-6-21)33(28(35)30(14-15-30)27(31)34)29-11-7-19(8-12-29)9-13-29/h3-6,10,16-19H,7-9,11-15H2,1-2H3,(H2,31,34). The van der Waals surface area contributed by atoms with E-state index in [1.165, 1.54) is 0 Å². The lowest BCUT2D eigenvalue weighted by Gasteiger charge is -2.53. The van der Waals surface area contributed by atoms with Crippen LogP contribution in [0.25, 0.3) is 10.9 Å². The molecule has 4 saturated carbocycles. The number of carbonyl (C=O) groups excluding carboxylic acids is 2. The van der Waals surface area contributed by atoms with Crippen LogP contribution in [0.4, 0.5) is 5.69 Å². The van der Waals surface area contributed by atoms with Gasteiger partial charge in [-0.2, -0.15) is 0 Å². The Kier molecular flexibility index (Phi) is 5.93. The number of anilines is 1. The number of aromatic nitrogens is 1. The van der Waals surface area contributed by atoms with Gasteiger partial charge in [0.2, 0.25) is 11.8 Å². The zero-order valence-corrected chi connectivity index (χ0v) is 21.9. The fourth-order valence-corrected chi connectivity index (χ4v) is 6.40. The Morgan fingerprint density at radius 3 is 2.11 bits per heavy atom. The van der Waals surface area contributed by atoms with Crippen molar-refractivity contribution in [3.05, 3.63) is 48.7 Å². The zero-order chi connectivity index (χ0) is 26.5. The van der Waals surface area contributed by atoms with E-state index in [-0.39, 0.29) is 11.4 Å². The van der Waals surface area contributed by atoms with Crippen molar-refractivity contribution in [3.63, 3.8) is 0 Å². The van der Waals surface area contributed by atoms with E-state index in [0.29, 0.717) is 35.8 Å². The van der Waals surface area contributed by atoms with Crippen LogP contribution in [0, 0.1) is 11.3 Å². The average Bonchev–Trinajstić information content (AvgIpc) is 3.77. The molecule has 0 radical (unpaired) electrons. The van der Waals surface area contributed by atoms with Crippen molar-refractivity contribution in [1.29, 1.82) is 0 Å². The molecule has 2 aromatic carbocycles. The van der Waals surface area contributed by atoms with Gasteiger partial charge >= 0.3 is 0 Å². The second kappa shape index (κ2) is 9.19. The van der Waals surface area contributed by atoms with E-state index >= 15 is 0 Å². The van der Waals surface area contributed by atoms with Gasteiger partial charge in [0.05, 0.1) is 19.7 Å². The number of fused-ring (bicyclic) bond motifs is 4. The van der Waals surface area contributed by atoms with Gasteiger partial charge in [-0.1, -0.05) is 0 Å². The van der Waals surface area contributed by atoms with Gasteiger partial charge in [0.15, 0.2) is 11.5 Å². The van der Waals surface area contributed by atoms with Gasteiger partial charge in [0.25, 0.3) is 0 Å². The van der Waals surface area contributed by atoms with Crippen molar-refractivity contribution >= 4 is 28.4 Å². The van der Waals surface area contributed by atoms with E-state index in [2.05, 4.69) is 4.98 Å². The molecule has 2 bridgehead atoms. The number of ether oxygens (including phenoxy) is 3. The minimum absolute atomic E-state index is 0.139. The third kappa shape index (κ3) is 3.94. The molecule has 0 atom stereocenters. The van der Waals surface area contributed by atoms with Crippen LogP contribution in [0.3, 0.4) is 0 Å². The predicted molar refractivity (Wildman–Crippen MR) is 144 cm³/mol. The first-order valence-electron chi connectivity index (χ1n) is 13.3. The summed E-state index contributed by atoms with van der Waals surface area (Å²) in [5, 5.41) is 0.793. The molecule has 0 saturated heterocycles. The molecule has 0 unspecified atom stereocenters. The molecule has 4 fully saturated rings. The summed E-state index contributed by atoms with van der Waals surface area (Å²) in [5.74, 6) is 2.55. The molecular formula is C30H33N3O5. The molecule has 2 N–H and O–H groups in total. The number of pyridine rings is 1. The number of primary amides is 1. The molecule has 3 aromatic rings. The molecule has 4 aliphatic carbocycles. The van der Waals surface area contributed by atoms with Gasteiger partial charge in [0.1, 0.15) is 16.9 Å². The summed E-state index contributed by atoms with van der Waals surface area (Å²) < 4.78 is 17.1. The average molecular weight is 516 g/mol. The van der Waals surface area contributed by atoms with Crippen LogP contribution in [0.1, 0.15) is 51.4 Å². The number of nitrogens with two attached hydrogens (primary N) is 1. The smallest absolute Gasteiger partial charge is 0.243 e. The summed E-state index contributed by atoms with van der Waals surface area (Å²) in [6.07, 6.45) is 9.01. The first-order chi connectivity index (χ1) is 18.4. The number of amides is 2. The van der Waals surface area contributed by atoms with E-state index in [9.17, 15) is 9.59 Å². The molecule has 0 spiro atoms. The van der Waals surface area contributed by atoms with Gasteiger partial charge in [-0.15, -0.1) is 0 Å². The summed E-state index contributed by atoms with van der Waals surface area (Å²) in [4.78, 5) is 32.7. The zero-order valence-electron chi connectivity index (χ0n) is 21.9. The van der Waals surface area contributed by atoms with Crippen LogP contribution in [0.5, 0.6) is 23.0 Å². The van der Waals surface area contributed by atoms with Crippen molar-refractivity contribution < 1.29 is 23.8 Å². The molecule has 8 heteroatoms. The lowest BCUT2D eigenvalue weighted by molar-refractivity contribution is -0.135. The quantitative estimate of drug-likeness (QED) is 0.405. The Hall–Kier alpha value is -3.81. The van der Waals surface area contributed by atoms with Crippen LogP contribution < -0.4 is 24.8 Å². The maximum Gasteiger partial charge on any atom is 0.243 e. The number of benzene rings is 2. The lowest BCUT2D eigenvalue weighted by Crippen LogP contribution is -2.59. The number of rotatable bonds is 8. The highest BCUT2D eigenvalue weighted by atomic mass is 16.5. The van der Waals surface area contributed by atoms with Crippen molar-refractivity contribution in [3.8, 4) is 23.0 Å². The molecule has 4 aliphatic rings. The summed E-state index contributed by atoms with van der Waals surface area (Å²) in [5.41, 5.74) is 5.94. The van der Waals surface area contributed by atoms with Crippen molar-refractivity contribution in [1.82, 2.24) is 4.98 Å². The summed E-state index contributed by atoms with van der Waals surface area (Å²) >= 11 is 0. The van der Waals surface area contributed by atoms with Gasteiger partial charge in [0, 0.05) is 28.9 Å². The van der Waals surface area contributed by atoms with Crippen molar-refractivity contribution in [2.75, 3.05) is 19.1 Å². The van der Waals surface area contributed by atoms with E-state index in [0.717, 1.165) is 61.0 Å². The molecule has 1 heterocycles. The Morgan fingerprint density at radius 1 is 0.895 bits per heavy atom. The van der Waals surface area contributed by atoms with E-state index in [4.69, 9.17) is 19.9 Å². The SMILES string of the molecule is COc1cc2nccc(Oc3ccc(N(C(=O)C4(C(N)=O)CC4)C45CCC(CC4)CC5)cc3)c2cc1OC. The Labute approximate surface area is 222 Å². The summed E-state index contributed by atoms with van der Waals surface area (Å²) in [6.45, 7) is 0. The van der Waals surface area contributed by atoms with Crippen LogP contribution in [0.2, 0.25) is 0 Å². The van der Waals surface area contributed by atoms with Crippen LogP contribution in [-0.2, 0) is 9.59 Å². The molecule has 1 aromatic heterocycles. The third-order valence-corrected chi connectivity index (χ3v) is 8.89. The molecular weight excluding hydrogens is 482 g/mol. The Bertz CT molecular complexity index is 1380. The van der Waals surface area contributed by atoms with Gasteiger partial charge in [-0.25, -0.2) is 0 Å². The van der Waals surface area contributed by atoms with Gasteiger partial charge in [-0.05, 0) is 93.7 Å². The highest BCUT2D eigenvalue weighted by molar-refractivity contribution is 6.14. The fourth-order valence-electron chi connectivity index (χ4n) is 6.40. The molecule has 2 amide bonds. The predicted octanol–water partition coefficient (Wildman–Crippen LogP) is 5.37. The van der Waals surface area contributed by atoms with Gasteiger partial charge < -0.3 is 24.8 Å². The first-order valence-corrected chi connectivity index (χ1v) is 13.3. The van der Waals surface area contributed by atoms with E-state index in [1.54, 1.807) is 26.5 Å². The van der Waals surface area contributed by atoms with Crippen LogP contribution in [0.15, 0.2) is 48.7 Å². The molecule has 0 aliphatic heterocycles. The number of nitrogens with zero attached hydrogens (tertiary/aromatic N) is 2. The monoisotopic (exact) mass is 515 g/mol. The topological polar surface area (TPSA) is 104 Å². The van der Waals surface area contributed by atoms with Crippen molar-refractivity contribution in [2.45, 2.75) is 56.9 Å². The number of hydrogen-bond donors (Lipinski definition) is 1. The second-order valence-corrected chi connectivity index (χ2v) is 10.9. The second-order valence-electron chi connectivity index (χ2n) is 10.9.